The summed E-state index contributed by atoms with van der Waals surface area (Å²) in [5.74, 6) is -0.676. The molecule has 0 aliphatic carbocycles. The van der Waals surface area contributed by atoms with Gasteiger partial charge in [0.25, 0.3) is 6.43 Å². The van der Waals surface area contributed by atoms with E-state index in [4.69, 9.17) is 9.15 Å². The largest absolute Gasteiger partial charge is 0.496 e. The van der Waals surface area contributed by atoms with Crippen LogP contribution in [-0.4, -0.2) is 22.1 Å². The second kappa shape index (κ2) is 7.66. The molecule has 4 rings (SSSR count). The van der Waals surface area contributed by atoms with Gasteiger partial charge in [-0.05, 0) is 36.4 Å². The van der Waals surface area contributed by atoms with Gasteiger partial charge in [-0.15, -0.1) is 0 Å². The van der Waals surface area contributed by atoms with Crippen LogP contribution < -0.4 is 15.4 Å². The van der Waals surface area contributed by atoms with E-state index in [0.29, 0.717) is 22.5 Å². The molecule has 2 heterocycles. The SMILES string of the molecule is COc1ccc(Nc2ncc(F)c(Nc3ccc4ocnc4c3)n2)cc1C(F)F. The van der Waals surface area contributed by atoms with Gasteiger partial charge in [-0.2, -0.15) is 4.98 Å². The zero-order chi connectivity index (χ0) is 20.4. The van der Waals surface area contributed by atoms with Crippen molar-refractivity contribution in [2.45, 2.75) is 6.43 Å². The Kier molecular flexibility index (Phi) is 4.90. The fourth-order valence-electron chi connectivity index (χ4n) is 2.70. The predicted molar refractivity (Wildman–Crippen MR) is 101 cm³/mol. The topological polar surface area (TPSA) is 85.1 Å². The quantitative estimate of drug-likeness (QED) is 0.460. The van der Waals surface area contributed by atoms with Gasteiger partial charge in [0, 0.05) is 11.4 Å². The highest BCUT2D eigenvalue weighted by molar-refractivity contribution is 5.78. The molecule has 0 radical (unpaired) electrons. The van der Waals surface area contributed by atoms with Gasteiger partial charge in [0.05, 0.1) is 18.9 Å². The van der Waals surface area contributed by atoms with Crippen LogP contribution in [0.1, 0.15) is 12.0 Å². The van der Waals surface area contributed by atoms with Crippen LogP contribution in [-0.2, 0) is 0 Å². The summed E-state index contributed by atoms with van der Waals surface area (Å²) in [6.07, 6.45) is -0.432. The molecule has 0 aliphatic heterocycles. The van der Waals surface area contributed by atoms with Crippen molar-refractivity contribution in [1.82, 2.24) is 15.0 Å². The van der Waals surface area contributed by atoms with Crippen LogP contribution in [0.4, 0.5) is 36.3 Å². The highest BCUT2D eigenvalue weighted by Crippen LogP contribution is 2.32. The van der Waals surface area contributed by atoms with Crippen LogP contribution in [0.5, 0.6) is 5.75 Å². The lowest BCUT2D eigenvalue weighted by atomic mass is 10.2. The van der Waals surface area contributed by atoms with Gasteiger partial charge in [-0.1, -0.05) is 0 Å². The standard InChI is InChI=1S/C19H14F3N5O2/c1-28-15-4-2-10(6-12(15)17(21)22)26-19-23-8-13(20)18(27-19)25-11-3-5-16-14(7-11)24-9-29-16/h2-9,17H,1H3,(H2,23,25,26,27). The smallest absolute Gasteiger partial charge is 0.267 e. The Morgan fingerprint density at radius 2 is 1.83 bits per heavy atom. The van der Waals surface area contributed by atoms with Crippen molar-refractivity contribution in [3.8, 4) is 5.75 Å². The molecule has 0 unspecified atom stereocenters. The number of hydrogen-bond donors (Lipinski definition) is 2. The van der Waals surface area contributed by atoms with Crippen LogP contribution in [0.3, 0.4) is 0 Å². The van der Waals surface area contributed by atoms with E-state index in [-0.39, 0.29) is 23.1 Å². The summed E-state index contributed by atoms with van der Waals surface area (Å²) in [5, 5.41) is 5.62. The minimum atomic E-state index is -2.72. The summed E-state index contributed by atoms with van der Waals surface area (Å²) in [6, 6.07) is 9.20. The summed E-state index contributed by atoms with van der Waals surface area (Å²) in [6.45, 7) is 0. The van der Waals surface area contributed by atoms with Crippen molar-refractivity contribution >= 4 is 34.2 Å². The molecule has 4 aromatic rings. The lowest BCUT2D eigenvalue weighted by Crippen LogP contribution is -2.04. The van der Waals surface area contributed by atoms with Gasteiger partial charge < -0.3 is 19.8 Å². The Hall–Kier alpha value is -3.82. The van der Waals surface area contributed by atoms with Gasteiger partial charge in [-0.25, -0.2) is 23.1 Å². The lowest BCUT2D eigenvalue weighted by Gasteiger charge is -2.12. The number of halogens is 3. The van der Waals surface area contributed by atoms with Crippen LogP contribution in [0.2, 0.25) is 0 Å². The Bertz CT molecular complexity index is 1170. The minimum absolute atomic E-state index is 0.0294. The van der Waals surface area contributed by atoms with E-state index in [1.807, 2.05) is 0 Å². The van der Waals surface area contributed by atoms with E-state index in [9.17, 15) is 13.2 Å². The molecule has 10 heteroatoms. The second-order valence-electron chi connectivity index (χ2n) is 5.93. The zero-order valence-corrected chi connectivity index (χ0v) is 15.0. The Labute approximate surface area is 162 Å². The van der Waals surface area contributed by atoms with Crippen molar-refractivity contribution in [2.24, 2.45) is 0 Å². The predicted octanol–water partition coefficient (Wildman–Crippen LogP) is 5.19. The van der Waals surface area contributed by atoms with Crippen molar-refractivity contribution in [2.75, 3.05) is 17.7 Å². The summed E-state index contributed by atoms with van der Waals surface area (Å²) in [4.78, 5) is 12.0. The van der Waals surface area contributed by atoms with Crippen molar-refractivity contribution < 1.29 is 22.3 Å². The molecule has 2 aromatic heterocycles. The molecular formula is C19H14F3N5O2. The van der Waals surface area contributed by atoms with Gasteiger partial charge in [0.15, 0.2) is 23.6 Å². The van der Waals surface area contributed by atoms with E-state index < -0.39 is 12.2 Å². The third kappa shape index (κ3) is 3.91. The van der Waals surface area contributed by atoms with Gasteiger partial charge >= 0.3 is 0 Å². The fraction of sp³-hybridized carbons (Fsp3) is 0.105. The van der Waals surface area contributed by atoms with Crippen molar-refractivity contribution in [3.05, 3.63) is 60.4 Å². The molecule has 0 spiro atoms. The molecule has 0 amide bonds. The number of benzene rings is 2. The molecule has 0 saturated carbocycles. The fourth-order valence-corrected chi connectivity index (χ4v) is 2.70. The normalized spacial score (nSPS) is 11.1. The maximum absolute atomic E-state index is 14.2. The number of rotatable bonds is 6. The number of aromatic nitrogens is 3. The molecule has 29 heavy (non-hydrogen) atoms. The Morgan fingerprint density at radius 3 is 2.62 bits per heavy atom. The maximum atomic E-state index is 14.2. The summed E-state index contributed by atoms with van der Waals surface area (Å²) in [7, 11) is 1.31. The molecule has 0 aliphatic rings. The first-order valence-corrected chi connectivity index (χ1v) is 8.39. The Balaban J connectivity index is 1.59. The number of nitrogens with one attached hydrogen (secondary N) is 2. The third-order valence-electron chi connectivity index (χ3n) is 4.06. The van der Waals surface area contributed by atoms with Crippen molar-refractivity contribution in [3.63, 3.8) is 0 Å². The highest BCUT2D eigenvalue weighted by atomic mass is 19.3. The van der Waals surface area contributed by atoms with Crippen LogP contribution in [0.25, 0.3) is 11.1 Å². The van der Waals surface area contributed by atoms with E-state index >= 15 is 0 Å². The molecule has 148 valence electrons. The van der Waals surface area contributed by atoms with Gasteiger partial charge in [0.2, 0.25) is 5.95 Å². The summed E-state index contributed by atoms with van der Waals surface area (Å²) < 4.78 is 50.6. The number of fused-ring (bicyclic) bond motifs is 1. The number of hydrogen-bond acceptors (Lipinski definition) is 7. The number of ether oxygens (including phenoxy) is 1. The first-order chi connectivity index (χ1) is 14.0. The van der Waals surface area contributed by atoms with E-state index in [2.05, 4.69) is 25.6 Å². The third-order valence-corrected chi connectivity index (χ3v) is 4.06. The molecule has 7 nitrogen and oxygen atoms in total. The molecule has 0 saturated heterocycles. The monoisotopic (exact) mass is 401 g/mol. The molecule has 0 fully saturated rings. The Morgan fingerprint density at radius 1 is 1.03 bits per heavy atom. The van der Waals surface area contributed by atoms with Gasteiger partial charge in [0.1, 0.15) is 11.3 Å². The molecule has 2 N–H and O–H groups in total. The first kappa shape index (κ1) is 18.5. The number of nitrogens with zero attached hydrogens (tertiary/aromatic N) is 3. The molecule has 2 aromatic carbocycles. The highest BCUT2D eigenvalue weighted by Gasteiger charge is 2.15. The second-order valence-corrected chi connectivity index (χ2v) is 5.93. The number of alkyl halides is 2. The lowest BCUT2D eigenvalue weighted by molar-refractivity contribution is 0.147. The van der Waals surface area contributed by atoms with Crippen molar-refractivity contribution in [1.29, 1.82) is 0 Å². The minimum Gasteiger partial charge on any atom is -0.496 e. The molecular weight excluding hydrogens is 387 g/mol. The zero-order valence-electron chi connectivity index (χ0n) is 15.0. The number of methoxy groups -OCH3 is 1. The van der Waals surface area contributed by atoms with E-state index in [1.54, 1.807) is 18.2 Å². The average Bonchev–Trinajstić information content (AvgIpc) is 3.18. The summed E-state index contributed by atoms with van der Waals surface area (Å²) in [5.41, 5.74) is 1.76. The van der Waals surface area contributed by atoms with Crippen LogP contribution in [0, 0.1) is 5.82 Å². The molecule has 0 bridgehead atoms. The first-order valence-electron chi connectivity index (χ1n) is 8.39. The van der Waals surface area contributed by atoms with E-state index in [1.165, 1.54) is 31.7 Å². The molecule has 0 atom stereocenters. The van der Waals surface area contributed by atoms with Crippen LogP contribution >= 0.6 is 0 Å². The maximum Gasteiger partial charge on any atom is 0.267 e. The van der Waals surface area contributed by atoms with Crippen LogP contribution in [0.15, 0.2) is 53.4 Å². The van der Waals surface area contributed by atoms with E-state index in [0.717, 1.165) is 6.20 Å². The average molecular weight is 401 g/mol. The summed E-state index contributed by atoms with van der Waals surface area (Å²) >= 11 is 0. The number of oxazole rings is 1. The van der Waals surface area contributed by atoms with Gasteiger partial charge in [-0.3, -0.25) is 0 Å². The number of anilines is 4.